The molecule has 154 valence electrons. The van der Waals surface area contributed by atoms with Crippen LogP contribution in [0.15, 0.2) is 30.3 Å². The van der Waals surface area contributed by atoms with Crippen molar-refractivity contribution in [3.8, 4) is 0 Å². The van der Waals surface area contributed by atoms with Gasteiger partial charge in [0.05, 0.1) is 6.26 Å². The minimum atomic E-state index is -3.32. The van der Waals surface area contributed by atoms with Crippen molar-refractivity contribution in [3.63, 3.8) is 0 Å². The number of carboxylic acid groups (broad SMARTS) is 1. The number of carbonyl (C=O) groups is 3. The lowest BCUT2D eigenvalue weighted by Crippen LogP contribution is -2.55. The van der Waals surface area contributed by atoms with E-state index < -0.39 is 22.0 Å². The van der Waals surface area contributed by atoms with Gasteiger partial charge in [0.2, 0.25) is 22.3 Å². The van der Waals surface area contributed by atoms with Crippen LogP contribution in [0.3, 0.4) is 0 Å². The molecule has 1 N–H and O–H groups in total. The van der Waals surface area contributed by atoms with Crippen LogP contribution < -0.4 is 4.90 Å². The van der Waals surface area contributed by atoms with Gasteiger partial charge in [0, 0.05) is 38.3 Å². The maximum Gasteiger partial charge on any atom is 0.303 e. The van der Waals surface area contributed by atoms with E-state index in [9.17, 15) is 22.8 Å². The molecule has 1 aromatic carbocycles. The average molecular weight is 411 g/mol. The van der Waals surface area contributed by atoms with Gasteiger partial charge in [-0.15, -0.1) is 0 Å². The van der Waals surface area contributed by atoms with E-state index >= 15 is 0 Å². The lowest BCUT2D eigenvalue weighted by Gasteiger charge is -2.37. The number of piperazine rings is 1. The highest BCUT2D eigenvalue weighted by atomic mass is 32.2. The molecule has 2 rings (SSSR count). The first-order valence-corrected chi connectivity index (χ1v) is 10.8. The van der Waals surface area contributed by atoms with Gasteiger partial charge >= 0.3 is 5.97 Å². The molecule has 0 saturated carbocycles. The predicted molar refractivity (Wildman–Crippen MR) is 103 cm³/mol. The summed E-state index contributed by atoms with van der Waals surface area (Å²) in [5.74, 6) is -1.28. The van der Waals surface area contributed by atoms with E-state index in [1.54, 1.807) is 30.3 Å². The van der Waals surface area contributed by atoms with E-state index in [-0.39, 0.29) is 51.3 Å². The van der Waals surface area contributed by atoms with Crippen LogP contribution in [0.4, 0.5) is 5.69 Å². The van der Waals surface area contributed by atoms with Crippen molar-refractivity contribution in [1.82, 2.24) is 9.21 Å². The third-order valence-corrected chi connectivity index (χ3v) is 5.98. The van der Waals surface area contributed by atoms with Gasteiger partial charge in [-0.3, -0.25) is 14.4 Å². The van der Waals surface area contributed by atoms with Gasteiger partial charge in [0.1, 0.15) is 6.04 Å². The van der Waals surface area contributed by atoms with Crippen LogP contribution in [0.1, 0.15) is 19.3 Å². The first-order chi connectivity index (χ1) is 13.2. The SMILES string of the molecule is CS(=O)(=O)N1CCN(C(=O)[C@H](CCCC(=O)O)N(C=O)c2ccccc2)CC1. The minimum Gasteiger partial charge on any atom is -0.481 e. The van der Waals surface area contributed by atoms with Crippen molar-refractivity contribution in [3.05, 3.63) is 30.3 Å². The van der Waals surface area contributed by atoms with Crippen molar-refractivity contribution < 1.29 is 27.9 Å². The molecular weight excluding hydrogens is 386 g/mol. The zero-order valence-corrected chi connectivity index (χ0v) is 16.5. The summed E-state index contributed by atoms with van der Waals surface area (Å²) in [4.78, 5) is 38.6. The van der Waals surface area contributed by atoms with Crippen LogP contribution in [-0.2, 0) is 24.4 Å². The molecule has 0 aromatic heterocycles. The molecule has 0 spiro atoms. The smallest absolute Gasteiger partial charge is 0.303 e. The molecule has 9 nitrogen and oxygen atoms in total. The minimum absolute atomic E-state index is 0.104. The third kappa shape index (κ3) is 5.77. The molecule has 0 unspecified atom stereocenters. The second kappa shape index (κ2) is 9.65. The Morgan fingerprint density at radius 2 is 1.79 bits per heavy atom. The quantitative estimate of drug-likeness (QED) is 0.587. The Hall–Kier alpha value is -2.46. The van der Waals surface area contributed by atoms with Gasteiger partial charge in [-0.25, -0.2) is 8.42 Å². The van der Waals surface area contributed by atoms with Gasteiger partial charge in [-0.1, -0.05) is 18.2 Å². The summed E-state index contributed by atoms with van der Waals surface area (Å²) >= 11 is 0. The lowest BCUT2D eigenvalue weighted by atomic mass is 10.1. The molecule has 1 saturated heterocycles. The second-order valence-corrected chi connectivity index (χ2v) is 8.62. The van der Waals surface area contributed by atoms with Crippen LogP contribution in [-0.4, -0.2) is 79.5 Å². The number of amides is 2. The number of hydrogen-bond donors (Lipinski definition) is 1. The summed E-state index contributed by atoms with van der Waals surface area (Å²) in [6, 6.07) is 7.84. The van der Waals surface area contributed by atoms with Crippen LogP contribution in [0, 0.1) is 0 Å². The predicted octanol–water partition coefficient (Wildman–Crippen LogP) is 0.377. The Labute approximate surface area is 164 Å². The van der Waals surface area contributed by atoms with Crippen molar-refractivity contribution in [2.24, 2.45) is 0 Å². The molecule has 1 aliphatic heterocycles. The fraction of sp³-hybridized carbons (Fsp3) is 0.500. The first kappa shape index (κ1) is 21.8. The number of benzene rings is 1. The fourth-order valence-electron chi connectivity index (χ4n) is 3.19. The molecule has 1 heterocycles. The number of sulfonamides is 1. The molecule has 1 fully saturated rings. The van der Waals surface area contributed by atoms with E-state index in [2.05, 4.69) is 0 Å². The third-order valence-electron chi connectivity index (χ3n) is 4.68. The largest absolute Gasteiger partial charge is 0.481 e. The number of rotatable bonds is 9. The Morgan fingerprint density at radius 3 is 2.29 bits per heavy atom. The number of carboxylic acids is 1. The van der Waals surface area contributed by atoms with Crippen molar-refractivity contribution in [1.29, 1.82) is 0 Å². The summed E-state index contributed by atoms with van der Waals surface area (Å²) in [6.45, 7) is 0.837. The first-order valence-electron chi connectivity index (χ1n) is 8.98. The Balaban J connectivity index is 2.17. The molecule has 10 heteroatoms. The summed E-state index contributed by atoms with van der Waals surface area (Å²) in [6.07, 6.45) is 2.04. The molecule has 2 amide bonds. The topological polar surface area (TPSA) is 115 Å². The highest BCUT2D eigenvalue weighted by molar-refractivity contribution is 7.88. The summed E-state index contributed by atoms with van der Waals surface area (Å²) in [5.41, 5.74) is 0.543. The maximum absolute atomic E-state index is 13.1. The number of aliphatic carboxylic acids is 1. The summed E-state index contributed by atoms with van der Waals surface area (Å²) < 4.78 is 24.6. The molecule has 0 bridgehead atoms. The molecular formula is C18H25N3O6S. The number of carbonyl (C=O) groups excluding carboxylic acids is 2. The van der Waals surface area contributed by atoms with Crippen LogP contribution in [0.5, 0.6) is 0 Å². The normalized spacial score (nSPS) is 16.4. The highest BCUT2D eigenvalue weighted by Crippen LogP contribution is 2.21. The van der Waals surface area contributed by atoms with E-state index in [0.717, 1.165) is 6.26 Å². The Bertz CT molecular complexity index is 791. The monoisotopic (exact) mass is 411 g/mol. The Kier molecular flexibility index (Phi) is 7.53. The molecule has 0 radical (unpaired) electrons. The lowest BCUT2D eigenvalue weighted by molar-refractivity contribution is -0.138. The van der Waals surface area contributed by atoms with Gasteiger partial charge in [0.15, 0.2) is 0 Å². The van der Waals surface area contributed by atoms with Crippen molar-refractivity contribution in [2.45, 2.75) is 25.3 Å². The van der Waals surface area contributed by atoms with Crippen LogP contribution in [0.2, 0.25) is 0 Å². The summed E-state index contributed by atoms with van der Waals surface area (Å²) in [5, 5.41) is 8.89. The zero-order chi connectivity index (χ0) is 20.7. The van der Waals surface area contributed by atoms with Crippen LogP contribution in [0.25, 0.3) is 0 Å². The standard InChI is InChI=1S/C18H25N3O6S/c1-28(26,27)20-12-10-19(11-13-20)18(25)16(8-5-9-17(23)24)21(14-22)15-6-3-2-4-7-15/h2-4,6-7,14,16H,5,8-13H2,1H3,(H,23,24)/t16-/m0/s1. The molecule has 1 aliphatic rings. The summed E-state index contributed by atoms with van der Waals surface area (Å²) in [7, 11) is -3.32. The maximum atomic E-state index is 13.1. The van der Waals surface area contributed by atoms with E-state index in [1.807, 2.05) is 0 Å². The van der Waals surface area contributed by atoms with E-state index in [1.165, 1.54) is 14.1 Å². The van der Waals surface area contributed by atoms with Crippen LogP contribution >= 0.6 is 0 Å². The van der Waals surface area contributed by atoms with Gasteiger partial charge in [0.25, 0.3) is 0 Å². The number of hydrogen-bond acceptors (Lipinski definition) is 5. The zero-order valence-electron chi connectivity index (χ0n) is 15.7. The number of para-hydroxylation sites is 1. The molecule has 1 aromatic rings. The average Bonchev–Trinajstić information content (AvgIpc) is 2.67. The second-order valence-electron chi connectivity index (χ2n) is 6.64. The number of anilines is 1. The van der Waals surface area contributed by atoms with Crippen molar-refractivity contribution in [2.75, 3.05) is 37.3 Å². The highest BCUT2D eigenvalue weighted by Gasteiger charge is 2.33. The molecule has 28 heavy (non-hydrogen) atoms. The van der Waals surface area contributed by atoms with E-state index in [4.69, 9.17) is 5.11 Å². The van der Waals surface area contributed by atoms with Gasteiger partial charge < -0.3 is 14.9 Å². The molecule has 1 atom stereocenters. The number of nitrogens with zero attached hydrogens (tertiary/aromatic N) is 3. The fourth-order valence-corrected chi connectivity index (χ4v) is 4.02. The Morgan fingerprint density at radius 1 is 1.18 bits per heavy atom. The molecule has 0 aliphatic carbocycles. The van der Waals surface area contributed by atoms with Crippen molar-refractivity contribution >= 4 is 34.0 Å². The van der Waals surface area contributed by atoms with Gasteiger partial charge in [-0.05, 0) is 25.0 Å². The van der Waals surface area contributed by atoms with Gasteiger partial charge in [-0.2, -0.15) is 4.31 Å². The van der Waals surface area contributed by atoms with E-state index in [0.29, 0.717) is 12.1 Å².